The first kappa shape index (κ1) is 12.0. The molecule has 0 saturated carbocycles. The molecule has 2 heterocycles. The molecule has 1 aromatic carbocycles. The number of hydrogen-bond donors (Lipinski definition) is 1. The zero-order valence-corrected chi connectivity index (χ0v) is 10.7. The molecule has 100 valence electrons. The van der Waals surface area contributed by atoms with E-state index in [2.05, 4.69) is 17.2 Å². The van der Waals surface area contributed by atoms with Gasteiger partial charge in [-0.1, -0.05) is 18.6 Å². The molecule has 0 aliphatic carbocycles. The van der Waals surface area contributed by atoms with Gasteiger partial charge in [0, 0.05) is 6.07 Å². The van der Waals surface area contributed by atoms with E-state index in [-0.39, 0.29) is 13.4 Å². The average Bonchev–Trinajstić information content (AvgIpc) is 3.04. The second kappa shape index (κ2) is 4.89. The molecule has 1 aliphatic rings. The number of aliphatic hydroxyl groups is 1. The van der Waals surface area contributed by atoms with Crippen LogP contribution in [0.4, 0.5) is 0 Å². The molecule has 2 aromatic rings. The van der Waals surface area contributed by atoms with Crippen LogP contribution in [0.2, 0.25) is 0 Å². The van der Waals surface area contributed by atoms with E-state index >= 15 is 0 Å². The second-order valence-corrected chi connectivity index (χ2v) is 4.34. The molecular weight excluding hydrogens is 246 g/mol. The molecule has 1 N–H and O–H groups in total. The molecule has 3 rings (SSSR count). The fraction of sp³-hybridized carbons (Fsp3) is 0.385. The summed E-state index contributed by atoms with van der Waals surface area (Å²) in [5, 5.41) is 17.4. The van der Waals surface area contributed by atoms with Crippen molar-refractivity contribution in [2.24, 2.45) is 0 Å². The first-order valence-corrected chi connectivity index (χ1v) is 6.27. The fourth-order valence-electron chi connectivity index (χ4n) is 2.17. The smallest absolute Gasteiger partial charge is 0.231 e. The normalized spacial score (nSPS) is 12.9. The summed E-state index contributed by atoms with van der Waals surface area (Å²) in [5.74, 6) is 1.45. The molecule has 0 radical (unpaired) electrons. The Labute approximate surface area is 110 Å². The highest BCUT2D eigenvalue weighted by Crippen LogP contribution is 2.33. The van der Waals surface area contributed by atoms with E-state index in [0.29, 0.717) is 11.4 Å². The Morgan fingerprint density at radius 3 is 2.95 bits per heavy atom. The van der Waals surface area contributed by atoms with E-state index in [9.17, 15) is 5.11 Å². The predicted octanol–water partition coefficient (Wildman–Crippen LogP) is 1.44. The third kappa shape index (κ3) is 2.04. The van der Waals surface area contributed by atoms with Gasteiger partial charge in [-0.25, -0.2) is 4.68 Å². The standard InChI is InChI=1S/C13H15N3O3/c1-2-3-11-10(7-17)14-15-16(11)9-4-5-12-13(6-9)19-8-18-12/h4-6,17H,2-3,7-8H2,1H3. The molecule has 0 bridgehead atoms. The number of ether oxygens (including phenoxy) is 2. The molecule has 0 saturated heterocycles. The maximum atomic E-state index is 9.30. The van der Waals surface area contributed by atoms with E-state index in [4.69, 9.17) is 9.47 Å². The van der Waals surface area contributed by atoms with Gasteiger partial charge in [0.25, 0.3) is 0 Å². The Morgan fingerprint density at radius 1 is 1.32 bits per heavy atom. The molecule has 0 fully saturated rings. The quantitative estimate of drug-likeness (QED) is 0.901. The van der Waals surface area contributed by atoms with E-state index in [0.717, 1.165) is 30.0 Å². The van der Waals surface area contributed by atoms with Crippen LogP contribution >= 0.6 is 0 Å². The number of aromatic nitrogens is 3. The lowest BCUT2D eigenvalue weighted by molar-refractivity contribution is 0.174. The van der Waals surface area contributed by atoms with Crippen LogP contribution < -0.4 is 9.47 Å². The number of benzene rings is 1. The van der Waals surface area contributed by atoms with Crippen LogP contribution in [0.1, 0.15) is 24.7 Å². The van der Waals surface area contributed by atoms with Gasteiger partial charge in [-0.2, -0.15) is 0 Å². The van der Waals surface area contributed by atoms with Crippen LogP contribution in [-0.2, 0) is 13.0 Å². The summed E-state index contributed by atoms with van der Waals surface area (Å²) in [7, 11) is 0. The van der Waals surface area contributed by atoms with Gasteiger partial charge in [0.15, 0.2) is 11.5 Å². The van der Waals surface area contributed by atoms with Gasteiger partial charge in [0.05, 0.1) is 18.0 Å². The predicted molar refractivity (Wildman–Crippen MR) is 67.4 cm³/mol. The minimum atomic E-state index is -0.0973. The zero-order valence-electron chi connectivity index (χ0n) is 10.7. The maximum Gasteiger partial charge on any atom is 0.231 e. The van der Waals surface area contributed by atoms with Crippen molar-refractivity contribution in [3.63, 3.8) is 0 Å². The van der Waals surface area contributed by atoms with Gasteiger partial charge in [-0.15, -0.1) is 5.10 Å². The van der Waals surface area contributed by atoms with Crippen LogP contribution in [-0.4, -0.2) is 26.9 Å². The summed E-state index contributed by atoms with van der Waals surface area (Å²) in [6.07, 6.45) is 1.78. The van der Waals surface area contributed by atoms with Gasteiger partial charge in [0.1, 0.15) is 5.69 Å². The van der Waals surface area contributed by atoms with Crippen LogP contribution in [0.25, 0.3) is 5.69 Å². The van der Waals surface area contributed by atoms with E-state index in [1.807, 2.05) is 18.2 Å². The van der Waals surface area contributed by atoms with Crippen molar-refractivity contribution in [3.8, 4) is 17.2 Å². The lowest BCUT2D eigenvalue weighted by Crippen LogP contribution is -2.03. The van der Waals surface area contributed by atoms with Crippen molar-refractivity contribution in [2.75, 3.05) is 6.79 Å². The number of nitrogens with zero attached hydrogens (tertiary/aromatic N) is 3. The molecule has 0 unspecified atom stereocenters. The largest absolute Gasteiger partial charge is 0.454 e. The van der Waals surface area contributed by atoms with Crippen LogP contribution in [0.3, 0.4) is 0 Å². The maximum absolute atomic E-state index is 9.30. The Kier molecular flexibility index (Phi) is 3.08. The summed E-state index contributed by atoms with van der Waals surface area (Å²) >= 11 is 0. The highest BCUT2D eigenvalue weighted by Gasteiger charge is 2.17. The molecule has 19 heavy (non-hydrogen) atoms. The van der Waals surface area contributed by atoms with Gasteiger partial charge in [0.2, 0.25) is 6.79 Å². The fourth-order valence-corrected chi connectivity index (χ4v) is 2.17. The lowest BCUT2D eigenvalue weighted by atomic mass is 10.2. The third-order valence-corrected chi connectivity index (χ3v) is 3.08. The SMILES string of the molecule is CCCc1c(CO)nnn1-c1ccc2c(c1)OCO2. The topological polar surface area (TPSA) is 69.4 Å². The molecule has 0 amide bonds. The number of rotatable bonds is 4. The summed E-state index contributed by atoms with van der Waals surface area (Å²) in [6.45, 7) is 2.23. The van der Waals surface area contributed by atoms with Gasteiger partial charge in [-0.3, -0.25) is 0 Å². The third-order valence-electron chi connectivity index (χ3n) is 3.08. The average molecular weight is 261 g/mol. The zero-order chi connectivity index (χ0) is 13.2. The highest BCUT2D eigenvalue weighted by atomic mass is 16.7. The first-order valence-electron chi connectivity index (χ1n) is 6.27. The molecule has 1 aliphatic heterocycles. The van der Waals surface area contributed by atoms with Crippen molar-refractivity contribution in [1.82, 2.24) is 15.0 Å². The van der Waals surface area contributed by atoms with Gasteiger partial charge >= 0.3 is 0 Å². The molecule has 6 heteroatoms. The van der Waals surface area contributed by atoms with Crippen molar-refractivity contribution < 1.29 is 14.6 Å². The van der Waals surface area contributed by atoms with Crippen LogP contribution in [0, 0.1) is 0 Å². The van der Waals surface area contributed by atoms with E-state index in [1.54, 1.807) is 4.68 Å². The molecular formula is C13H15N3O3. The Balaban J connectivity index is 2.04. The molecule has 6 nitrogen and oxygen atoms in total. The van der Waals surface area contributed by atoms with E-state index < -0.39 is 0 Å². The Bertz CT molecular complexity index is 595. The van der Waals surface area contributed by atoms with Gasteiger partial charge in [-0.05, 0) is 18.6 Å². The van der Waals surface area contributed by atoms with E-state index in [1.165, 1.54) is 0 Å². The minimum absolute atomic E-state index is 0.0973. The number of aliphatic hydroxyl groups excluding tert-OH is 1. The molecule has 0 atom stereocenters. The molecule has 1 aromatic heterocycles. The van der Waals surface area contributed by atoms with Crippen molar-refractivity contribution in [3.05, 3.63) is 29.6 Å². The second-order valence-electron chi connectivity index (χ2n) is 4.34. The summed E-state index contributed by atoms with van der Waals surface area (Å²) in [4.78, 5) is 0. The Hall–Kier alpha value is -2.08. The van der Waals surface area contributed by atoms with Crippen molar-refractivity contribution in [2.45, 2.75) is 26.4 Å². The van der Waals surface area contributed by atoms with Crippen molar-refractivity contribution >= 4 is 0 Å². The Morgan fingerprint density at radius 2 is 2.16 bits per heavy atom. The van der Waals surface area contributed by atoms with Crippen LogP contribution in [0.5, 0.6) is 11.5 Å². The van der Waals surface area contributed by atoms with Gasteiger partial charge < -0.3 is 14.6 Å². The summed E-state index contributed by atoms with van der Waals surface area (Å²) in [6, 6.07) is 5.63. The summed E-state index contributed by atoms with van der Waals surface area (Å²) < 4.78 is 12.4. The number of hydrogen-bond acceptors (Lipinski definition) is 5. The summed E-state index contributed by atoms with van der Waals surface area (Å²) in [5.41, 5.74) is 2.42. The number of fused-ring (bicyclic) bond motifs is 1. The first-order chi connectivity index (χ1) is 9.33. The lowest BCUT2D eigenvalue weighted by Gasteiger charge is -2.07. The monoisotopic (exact) mass is 261 g/mol. The van der Waals surface area contributed by atoms with Crippen LogP contribution in [0.15, 0.2) is 18.2 Å². The van der Waals surface area contributed by atoms with Crippen molar-refractivity contribution in [1.29, 1.82) is 0 Å². The molecule has 0 spiro atoms. The highest BCUT2D eigenvalue weighted by molar-refractivity contribution is 5.50. The minimum Gasteiger partial charge on any atom is -0.454 e.